The van der Waals surface area contributed by atoms with Crippen LogP contribution in [0.1, 0.15) is 29.3 Å². The Hall–Kier alpha value is -0.540. The van der Waals surface area contributed by atoms with Crippen LogP contribution in [0.25, 0.3) is 0 Å². The highest BCUT2D eigenvalue weighted by Crippen LogP contribution is 2.37. The fraction of sp³-hybridized carbons (Fsp3) is 0.364. The predicted octanol–water partition coefficient (Wildman–Crippen LogP) is 3.68. The molecule has 1 aromatic rings. The van der Waals surface area contributed by atoms with Gasteiger partial charge in [-0.2, -0.15) is 0 Å². The van der Waals surface area contributed by atoms with Gasteiger partial charge in [-0.15, -0.1) is 0 Å². The van der Waals surface area contributed by atoms with Gasteiger partial charge in [0, 0.05) is 15.5 Å². The number of rotatable bonds is 2. The number of carbonyl (C=O) groups excluding carboxylic acids is 1. The molecule has 0 bridgehead atoms. The Morgan fingerprint density at radius 2 is 2.33 bits per heavy atom. The van der Waals surface area contributed by atoms with Gasteiger partial charge in [0.05, 0.1) is 6.42 Å². The number of alkyl halides is 1. The van der Waals surface area contributed by atoms with Crippen molar-refractivity contribution in [3.8, 4) is 0 Å². The molecule has 1 N–H and O–H groups in total. The summed E-state index contributed by atoms with van der Waals surface area (Å²) in [5.41, 5.74) is 2.95. The van der Waals surface area contributed by atoms with E-state index in [1.54, 1.807) is 0 Å². The molecule has 0 spiro atoms. The van der Waals surface area contributed by atoms with Crippen LogP contribution in [-0.2, 0) is 11.2 Å². The lowest BCUT2D eigenvalue weighted by molar-refractivity contribution is -0.115. The highest BCUT2D eigenvalue weighted by atomic mass is 79.9. The Morgan fingerprint density at radius 3 is 3.00 bits per heavy atom. The zero-order valence-electron chi connectivity index (χ0n) is 8.31. The van der Waals surface area contributed by atoms with E-state index in [0.29, 0.717) is 11.4 Å². The van der Waals surface area contributed by atoms with Crippen molar-refractivity contribution in [1.29, 1.82) is 0 Å². The molecule has 80 valence electrons. The van der Waals surface area contributed by atoms with Gasteiger partial charge in [-0.25, -0.2) is 0 Å². The lowest BCUT2D eigenvalue weighted by Gasteiger charge is -2.11. The van der Waals surface area contributed by atoms with E-state index in [9.17, 15) is 4.79 Å². The number of anilines is 1. The van der Waals surface area contributed by atoms with Crippen LogP contribution in [0.3, 0.4) is 0 Å². The summed E-state index contributed by atoms with van der Waals surface area (Å²) in [7, 11) is 0. The number of fused-ring (bicyclic) bond motifs is 1. The lowest BCUT2D eigenvalue weighted by Crippen LogP contribution is -2.03. The third-order valence-corrected chi connectivity index (χ3v) is 4.01. The first-order chi connectivity index (χ1) is 7.11. The summed E-state index contributed by atoms with van der Waals surface area (Å²) in [5, 5.41) is 3.49. The molecule has 0 radical (unpaired) electrons. The molecular formula is C11H11BrClNO. The van der Waals surface area contributed by atoms with Crippen LogP contribution in [0.5, 0.6) is 0 Å². The number of nitrogens with one attached hydrogen (secondary N) is 1. The average molecular weight is 289 g/mol. The lowest BCUT2D eigenvalue weighted by atomic mass is 10.0. The molecule has 0 aromatic heterocycles. The Balaban J connectivity index is 2.44. The van der Waals surface area contributed by atoms with Crippen molar-refractivity contribution in [2.45, 2.75) is 24.6 Å². The summed E-state index contributed by atoms with van der Waals surface area (Å²) in [6.07, 6.45) is 1.43. The third-order valence-electron chi connectivity index (χ3n) is 2.54. The fourth-order valence-corrected chi connectivity index (χ4v) is 2.53. The largest absolute Gasteiger partial charge is 0.325 e. The molecule has 1 aliphatic heterocycles. The van der Waals surface area contributed by atoms with Crippen LogP contribution in [0.4, 0.5) is 5.69 Å². The van der Waals surface area contributed by atoms with Gasteiger partial charge in [0.15, 0.2) is 0 Å². The maximum Gasteiger partial charge on any atom is 0.228 e. The topological polar surface area (TPSA) is 29.1 Å². The second-order valence-electron chi connectivity index (χ2n) is 3.63. The van der Waals surface area contributed by atoms with Gasteiger partial charge in [0.1, 0.15) is 0 Å². The molecule has 2 rings (SSSR count). The second-order valence-corrected chi connectivity index (χ2v) is 5.14. The van der Waals surface area contributed by atoms with Crippen molar-refractivity contribution in [2.75, 3.05) is 5.32 Å². The molecule has 0 saturated heterocycles. The van der Waals surface area contributed by atoms with E-state index < -0.39 is 0 Å². The summed E-state index contributed by atoms with van der Waals surface area (Å²) < 4.78 is 0. The summed E-state index contributed by atoms with van der Waals surface area (Å²) in [4.78, 5) is 11.5. The van der Waals surface area contributed by atoms with Crippen LogP contribution in [0.2, 0.25) is 5.02 Å². The smallest absolute Gasteiger partial charge is 0.228 e. The van der Waals surface area contributed by atoms with Crippen LogP contribution < -0.4 is 5.32 Å². The van der Waals surface area contributed by atoms with Gasteiger partial charge in [0.25, 0.3) is 0 Å². The zero-order valence-corrected chi connectivity index (χ0v) is 10.7. The minimum Gasteiger partial charge on any atom is -0.325 e. The second kappa shape index (κ2) is 4.14. The van der Waals surface area contributed by atoms with E-state index in [-0.39, 0.29) is 10.7 Å². The highest BCUT2D eigenvalue weighted by Gasteiger charge is 2.21. The first-order valence-electron chi connectivity index (χ1n) is 4.88. The summed E-state index contributed by atoms with van der Waals surface area (Å²) >= 11 is 9.72. The molecule has 1 aliphatic rings. The van der Waals surface area contributed by atoms with E-state index in [1.807, 2.05) is 12.1 Å². The molecule has 1 amide bonds. The molecule has 1 atom stereocenters. The third kappa shape index (κ3) is 2.04. The first-order valence-corrected chi connectivity index (χ1v) is 6.17. The van der Waals surface area contributed by atoms with Crippen molar-refractivity contribution >= 4 is 39.1 Å². The molecule has 1 aromatic carbocycles. The standard InChI is InChI=1S/C11H11BrClNO/c1-2-8(12)7-3-6-4-11(15)14-10(6)5-9(7)13/h3,5,8H,2,4H2,1H3,(H,14,15). The highest BCUT2D eigenvalue weighted by molar-refractivity contribution is 9.09. The quantitative estimate of drug-likeness (QED) is 0.826. The fourth-order valence-electron chi connectivity index (χ4n) is 1.73. The van der Waals surface area contributed by atoms with Crippen LogP contribution in [0, 0.1) is 0 Å². The van der Waals surface area contributed by atoms with E-state index >= 15 is 0 Å². The number of hydrogen-bond acceptors (Lipinski definition) is 1. The number of carbonyl (C=O) groups is 1. The molecule has 15 heavy (non-hydrogen) atoms. The molecule has 0 aliphatic carbocycles. The van der Waals surface area contributed by atoms with E-state index in [2.05, 4.69) is 28.2 Å². The van der Waals surface area contributed by atoms with Gasteiger partial charge < -0.3 is 5.32 Å². The molecular weight excluding hydrogens is 277 g/mol. The summed E-state index contributed by atoms with van der Waals surface area (Å²) in [6, 6.07) is 3.85. The van der Waals surface area contributed by atoms with Crippen LogP contribution in [-0.4, -0.2) is 5.91 Å². The molecule has 0 saturated carbocycles. The van der Waals surface area contributed by atoms with Crippen LogP contribution in [0.15, 0.2) is 12.1 Å². The van der Waals surface area contributed by atoms with Gasteiger partial charge in [0.2, 0.25) is 5.91 Å². The SMILES string of the molecule is CCC(Br)c1cc2c(cc1Cl)NC(=O)C2. The van der Waals surface area contributed by atoms with Crippen molar-refractivity contribution in [3.05, 3.63) is 28.3 Å². The normalized spacial score (nSPS) is 16.1. The Kier molecular flexibility index (Phi) is 3.03. The van der Waals surface area contributed by atoms with Gasteiger partial charge in [-0.05, 0) is 23.6 Å². The minimum atomic E-state index is 0.0424. The maximum atomic E-state index is 11.2. The minimum absolute atomic E-state index is 0.0424. The van der Waals surface area contributed by atoms with Crippen molar-refractivity contribution in [1.82, 2.24) is 0 Å². The van der Waals surface area contributed by atoms with Crippen molar-refractivity contribution in [3.63, 3.8) is 0 Å². The molecule has 2 nitrogen and oxygen atoms in total. The summed E-state index contributed by atoms with van der Waals surface area (Å²) in [6.45, 7) is 2.09. The van der Waals surface area contributed by atoms with Crippen molar-refractivity contribution < 1.29 is 4.79 Å². The average Bonchev–Trinajstić information content (AvgIpc) is 2.55. The number of amides is 1. The molecule has 4 heteroatoms. The Labute approximate surface area is 102 Å². The molecule has 0 fully saturated rings. The molecule has 1 heterocycles. The van der Waals surface area contributed by atoms with E-state index in [0.717, 1.165) is 23.2 Å². The van der Waals surface area contributed by atoms with Crippen LogP contribution >= 0.6 is 27.5 Å². The monoisotopic (exact) mass is 287 g/mol. The Morgan fingerprint density at radius 1 is 1.60 bits per heavy atom. The van der Waals surface area contributed by atoms with E-state index in [1.165, 1.54) is 0 Å². The Bertz CT molecular complexity index is 419. The zero-order chi connectivity index (χ0) is 11.0. The number of hydrogen-bond donors (Lipinski definition) is 1. The van der Waals surface area contributed by atoms with Gasteiger partial charge >= 0.3 is 0 Å². The number of benzene rings is 1. The number of halogens is 2. The van der Waals surface area contributed by atoms with Gasteiger partial charge in [-0.1, -0.05) is 40.5 Å². The van der Waals surface area contributed by atoms with Gasteiger partial charge in [-0.3, -0.25) is 4.79 Å². The molecule has 1 unspecified atom stereocenters. The first kappa shape index (κ1) is 11.0. The van der Waals surface area contributed by atoms with Crippen molar-refractivity contribution in [2.24, 2.45) is 0 Å². The predicted molar refractivity (Wildman–Crippen MR) is 65.7 cm³/mol. The van der Waals surface area contributed by atoms with E-state index in [4.69, 9.17) is 11.6 Å². The maximum absolute atomic E-state index is 11.2. The summed E-state index contributed by atoms with van der Waals surface area (Å²) in [5.74, 6) is 0.0424.